The van der Waals surface area contributed by atoms with E-state index in [-0.39, 0.29) is 23.7 Å². The van der Waals surface area contributed by atoms with Crippen molar-refractivity contribution in [2.24, 2.45) is 0 Å². The zero-order valence-electron chi connectivity index (χ0n) is 17.6. The molecule has 2 aromatic carbocycles. The van der Waals surface area contributed by atoms with E-state index in [2.05, 4.69) is 4.98 Å². The van der Waals surface area contributed by atoms with Crippen molar-refractivity contribution >= 4 is 5.91 Å². The predicted molar refractivity (Wildman–Crippen MR) is 116 cm³/mol. The monoisotopic (exact) mass is 406 g/mol. The Kier molecular flexibility index (Phi) is 7.17. The summed E-state index contributed by atoms with van der Waals surface area (Å²) < 4.78 is 18.5. The van der Waals surface area contributed by atoms with Gasteiger partial charge in [-0.25, -0.2) is 4.39 Å². The molecule has 0 unspecified atom stereocenters. The van der Waals surface area contributed by atoms with Crippen LogP contribution in [0.1, 0.15) is 49.0 Å². The highest BCUT2D eigenvalue weighted by Crippen LogP contribution is 2.28. The van der Waals surface area contributed by atoms with Crippen molar-refractivity contribution in [1.82, 2.24) is 9.88 Å². The second kappa shape index (κ2) is 10.0. The Balaban J connectivity index is 1.81. The Morgan fingerprint density at radius 1 is 1.00 bits per heavy atom. The summed E-state index contributed by atoms with van der Waals surface area (Å²) in [6, 6.07) is 19.7. The van der Waals surface area contributed by atoms with E-state index in [1.165, 1.54) is 12.1 Å². The second-order valence-electron chi connectivity index (χ2n) is 7.45. The molecule has 0 N–H and O–H groups in total. The highest BCUT2D eigenvalue weighted by molar-refractivity contribution is 5.77. The van der Waals surface area contributed by atoms with Gasteiger partial charge in [-0.2, -0.15) is 0 Å². The SMILES string of the molecule is COc1ccc([C@@H](C)N(Cc2ccccn2)C(=O)C[C@H](C)c2ccc(F)cc2)cc1. The van der Waals surface area contributed by atoms with Gasteiger partial charge in [0, 0.05) is 12.6 Å². The van der Waals surface area contributed by atoms with Crippen molar-refractivity contribution in [1.29, 1.82) is 0 Å². The Bertz CT molecular complexity index is 943. The number of aromatic nitrogens is 1. The summed E-state index contributed by atoms with van der Waals surface area (Å²) in [5, 5.41) is 0. The smallest absolute Gasteiger partial charge is 0.224 e. The molecule has 2 atom stereocenters. The van der Waals surface area contributed by atoms with Gasteiger partial charge in [-0.1, -0.05) is 37.3 Å². The molecule has 0 saturated heterocycles. The van der Waals surface area contributed by atoms with Crippen LogP contribution in [0.2, 0.25) is 0 Å². The molecule has 1 heterocycles. The number of carbonyl (C=O) groups is 1. The van der Waals surface area contributed by atoms with Crippen molar-refractivity contribution in [3.63, 3.8) is 0 Å². The number of methoxy groups -OCH3 is 1. The molecule has 0 bridgehead atoms. The minimum Gasteiger partial charge on any atom is -0.497 e. The zero-order valence-corrected chi connectivity index (χ0v) is 17.6. The van der Waals surface area contributed by atoms with E-state index in [9.17, 15) is 9.18 Å². The van der Waals surface area contributed by atoms with Crippen LogP contribution in [0.15, 0.2) is 72.9 Å². The summed E-state index contributed by atoms with van der Waals surface area (Å²) in [5.74, 6) is 0.508. The van der Waals surface area contributed by atoms with E-state index in [0.717, 1.165) is 22.6 Å². The Morgan fingerprint density at radius 2 is 1.67 bits per heavy atom. The topological polar surface area (TPSA) is 42.4 Å². The normalized spacial score (nSPS) is 12.8. The molecule has 0 saturated carbocycles. The molecule has 5 heteroatoms. The molecule has 1 aromatic heterocycles. The van der Waals surface area contributed by atoms with E-state index in [4.69, 9.17) is 4.74 Å². The third-order valence-electron chi connectivity index (χ3n) is 5.36. The number of rotatable bonds is 8. The van der Waals surface area contributed by atoms with Gasteiger partial charge in [0.15, 0.2) is 0 Å². The standard InChI is InChI=1S/C25H27FN2O2/c1-18(20-7-11-22(26)12-8-20)16-25(29)28(17-23-6-4-5-15-27-23)19(2)21-9-13-24(30-3)14-10-21/h4-15,18-19H,16-17H2,1-3H3/t18-,19+/m0/s1. The number of ether oxygens (including phenoxy) is 1. The predicted octanol–water partition coefficient (Wildman–Crippen LogP) is 5.51. The summed E-state index contributed by atoms with van der Waals surface area (Å²) >= 11 is 0. The number of amides is 1. The van der Waals surface area contributed by atoms with Gasteiger partial charge < -0.3 is 9.64 Å². The largest absolute Gasteiger partial charge is 0.497 e. The van der Waals surface area contributed by atoms with Gasteiger partial charge in [-0.3, -0.25) is 9.78 Å². The summed E-state index contributed by atoms with van der Waals surface area (Å²) in [4.78, 5) is 19.6. The maximum atomic E-state index is 13.3. The van der Waals surface area contributed by atoms with Crippen LogP contribution in [0.3, 0.4) is 0 Å². The number of benzene rings is 2. The maximum absolute atomic E-state index is 13.3. The molecular weight excluding hydrogens is 379 g/mol. The van der Waals surface area contributed by atoms with Crippen molar-refractivity contribution in [3.05, 3.63) is 95.6 Å². The van der Waals surface area contributed by atoms with Crippen LogP contribution < -0.4 is 4.74 Å². The van der Waals surface area contributed by atoms with Crippen LogP contribution in [0, 0.1) is 5.82 Å². The molecular formula is C25H27FN2O2. The molecule has 0 radical (unpaired) electrons. The number of hydrogen-bond acceptors (Lipinski definition) is 3. The van der Waals surface area contributed by atoms with E-state index < -0.39 is 0 Å². The molecule has 0 aliphatic heterocycles. The van der Waals surface area contributed by atoms with Gasteiger partial charge in [0.2, 0.25) is 5.91 Å². The fraction of sp³-hybridized carbons (Fsp3) is 0.280. The van der Waals surface area contributed by atoms with Gasteiger partial charge in [0.05, 0.1) is 25.4 Å². The first-order valence-electron chi connectivity index (χ1n) is 10.1. The number of hydrogen-bond donors (Lipinski definition) is 0. The fourth-order valence-electron chi connectivity index (χ4n) is 3.46. The lowest BCUT2D eigenvalue weighted by molar-refractivity contribution is -0.134. The Hall–Kier alpha value is -3.21. The van der Waals surface area contributed by atoms with E-state index in [0.29, 0.717) is 13.0 Å². The molecule has 30 heavy (non-hydrogen) atoms. The molecule has 0 spiro atoms. The van der Waals surface area contributed by atoms with E-state index in [1.807, 2.05) is 61.2 Å². The molecule has 0 aliphatic carbocycles. The summed E-state index contributed by atoms with van der Waals surface area (Å²) in [6.45, 7) is 4.43. The van der Waals surface area contributed by atoms with Crippen molar-refractivity contribution in [3.8, 4) is 5.75 Å². The fourth-order valence-corrected chi connectivity index (χ4v) is 3.46. The van der Waals surface area contributed by atoms with Gasteiger partial charge >= 0.3 is 0 Å². The second-order valence-corrected chi connectivity index (χ2v) is 7.45. The molecule has 156 valence electrons. The minimum absolute atomic E-state index is 0.0209. The third kappa shape index (κ3) is 5.44. The zero-order chi connectivity index (χ0) is 21.5. The van der Waals surface area contributed by atoms with Crippen molar-refractivity contribution < 1.29 is 13.9 Å². The summed E-state index contributed by atoms with van der Waals surface area (Å²) in [6.07, 6.45) is 2.07. The Labute approximate surface area is 177 Å². The van der Waals surface area contributed by atoms with E-state index in [1.54, 1.807) is 25.4 Å². The van der Waals surface area contributed by atoms with Crippen LogP contribution in [-0.4, -0.2) is 22.9 Å². The average molecular weight is 407 g/mol. The molecule has 1 amide bonds. The number of nitrogens with zero attached hydrogens (tertiary/aromatic N) is 2. The highest BCUT2D eigenvalue weighted by atomic mass is 19.1. The lowest BCUT2D eigenvalue weighted by Gasteiger charge is -2.30. The van der Waals surface area contributed by atoms with Crippen LogP contribution in [0.25, 0.3) is 0 Å². The van der Waals surface area contributed by atoms with Crippen LogP contribution in [0.4, 0.5) is 4.39 Å². The molecule has 0 aliphatic rings. The number of carbonyl (C=O) groups excluding carboxylic acids is 1. The van der Waals surface area contributed by atoms with Crippen LogP contribution >= 0.6 is 0 Å². The van der Waals surface area contributed by atoms with Gasteiger partial charge in [-0.05, 0) is 60.4 Å². The summed E-state index contributed by atoms with van der Waals surface area (Å²) in [5.41, 5.74) is 2.80. The molecule has 0 fully saturated rings. The highest BCUT2D eigenvalue weighted by Gasteiger charge is 2.24. The first-order valence-corrected chi connectivity index (χ1v) is 10.1. The van der Waals surface area contributed by atoms with Crippen molar-refractivity contribution in [2.75, 3.05) is 7.11 Å². The molecule has 3 aromatic rings. The van der Waals surface area contributed by atoms with Crippen molar-refractivity contribution in [2.45, 2.75) is 38.8 Å². The first-order chi connectivity index (χ1) is 14.5. The third-order valence-corrected chi connectivity index (χ3v) is 5.36. The minimum atomic E-state index is -0.276. The molecule has 4 nitrogen and oxygen atoms in total. The number of pyridine rings is 1. The average Bonchev–Trinajstić information content (AvgIpc) is 2.78. The lowest BCUT2D eigenvalue weighted by atomic mass is 9.96. The van der Waals surface area contributed by atoms with Gasteiger partial charge in [0.1, 0.15) is 11.6 Å². The van der Waals surface area contributed by atoms with Gasteiger partial charge in [0.25, 0.3) is 0 Å². The summed E-state index contributed by atoms with van der Waals surface area (Å²) in [7, 11) is 1.63. The lowest BCUT2D eigenvalue weighted by Crippen LogP contribution is -2.34. The first kappa shape index (κ1) is 21.5. The quantitative estimate of drug-likeness (QED) is 0.495. The Morgan fingerprint density at radius 3 is 2.27 bits per heavy atom. The maximum Gasteiger partial charge on any atom is 0.224 e. The van der Waals surface area contributed by atoms with Gasteiger partial charge in [-0.15, -0.1) is 0 Å². The van der Waals surface area contributed by atoms with Crippen LogP contribution in [-0.2, 0) is 11.3 Å². The van der Waals surface area contributed by atoms with E-state index >= 15 is 0 Å². The number of halogens is 1. The molecule has 3 rings (SSSR count). The van der Waals surface area contributed by atoms with Crippen LogP contribution in [0.5, 0.6) is 5.75 Å².